The maximum atomic E-state index is 13.2. The number of carbonyl (C=O) groups is 1. The van der Waals surface area contributed by atoms with Gasteiger partial charge < -0.3 is 21.3 Å². The molecule has 1 unspecified atom stereocenters. The number of aliphatic hydroxyl groups is 1. The van der Waals surface area contributed by atoms with E-state index in [1.807, 2.05) is 86.6 Å². The normalized spacial score (nSPS) is 14.2. The van der Waals surface area contributed by atoms with Crippen LogP contribution in [0, 0.1) is 0 Å². The van der Waals surface area contributed by atoms with Gasteiger partial charge in [0, 0.05) is 11.6 Å². The molecule has 0 aliphatic carbocycles. The topological polar surface area (TPSA) is 145 Å². The summed E-state index contributed by atoms with van der Waals surface area (Å²) in [5.74, 6) is 0.463. The molecule has 0 saturated heterocycles. The number of carbonyl (C=O) groups excluding carboxylic acids is 1. The van der Waals surface area contributed by atoms with Gasteiger partial charge in [0.05, 0.1) is 12.6 Å². The Morgan fingerprint density at radius 2 is 1.52 bits per heavy atom. The number of hydrogen-bond donors (Lipinski definition) is 3. The van der Waals surface area contributed by atoms with Gasteiger partial charge >= 0.3 is 6.09 Å². The number of nitrogens with two attached hydrogens (primary N) is 2. The third-order valence-corrected chi connectivity index (χ3v) is 7.06. The summed E-state index contributed by atoms with van der Waals surface area (Å²) >= 11 is 0. The van der Waals surface area contributed by atoms with E-state index in [4.69, 9.17) is 16.2 Å². The van der Waals surface area contributed by atoms with Crippen molar-refractivity contribution in [3.63, 3.8) is 0 Å². The second kappa shape index (κ2) is 12.8. The second-order valence-corrected chi connectivity index (χ2v) is 11.9. The molecule has 1 amide bonds. The van der Waals surface area contributed by atoms with Gasteiger partial charge in [-0.1, -0.05) is 84.9 Å². The summed E-state index contributed by atoms with van der Waals surface area (Å²) in [4.78, 5) is 16.1. The highest BCUT2D eigenvalue weighted by atomic mass is 16.6. The molecule has 3 aromatic carbocycles. The second-order valence-electron chi connectivity index (χ2n) is 11.9. The monoisotopic (exact) mass is 571 g/mol. The number of hydrogen-bond acceptors (Lipinski definition) is 8. The first-order valence-electron chi connectivity index (χ1n) is 14.0. The number of amides is 1. The summed E-state index contributed by atoms with van der Waals surface area (Å²) in [6, 6.07) is 26.3. The maximum absolute atomic E-state index is 13.2. The number of ether oxygens (including phenoxy) is 1. The van der Waals surface area contributed by atoms with Crippen LogP contribution >= 0.6 is 0 Å². The van der Waals surface area contributed by atoms with Crippen molar-refractivity contribution in [2.45, 2.75) is 70.5 Å². The Morgan fingerprint density at radius 3 is 2.12 bits per heavy atom. The van der Waals surface area contributed by atoms with Crippen LogP contribution in [0.2, 0.25) is 0 Å². The number of aliphatic hydroxyl groups excluding tert-OH is 1. The van der Waals surface area contributed by atoms with E-state index < -0.39 is 35.5 Å². The van der Waals surface area contributed by atoms with Crippen molar-refractivity contribution in [2.24, 2.45) is 11.5 Å². The van der Waals surface area contributed by atoms with Gasteiger partial charge in [0.1, 0.15) is 17.3 Å². The van der Waals surface area contributed by atoms with Crippen molar-refractivity contribution in [1.82, 2.24) is 25.1 Å². The van der Waals surface area contributed by atoms with E-state index in [2.05, 4.69) is 15.4 Å². The van der Waals surface area contributed by atoms with Crippen LogP contribution in [0.5, 0.6) is 0 Å². The van der Waals surface area contributed by atoms with Crippen molar-refractivity contribution in [1.29, 1.82) is 0 Å². The number of aromatic nitrogens is 4. The first kappa shape index (κ1) is 30.8. The van der Waals surface area contributed by atoms with Crippen LogP contribution in [0.4, 0.5) is 4.79 Å². The van der Waals surface area contributed by atoms with Crippen LogP contribution in [0.15, 0.2) is 84.9 Å². The van der Waals surface area contributed by atoms with Gasteiger partial charge in [0.15, 0.2) is 0 Å². The molecule has 0 aliphatic rings. The SMILES string of the molecule is CC(C)(C)OC(=O)N(C[C@H](O)[C@@H](N)Cc1ccccc1)C(N)c1ccc(-c2nnn(C(C)(C)c3ccccc3)n2)cc1. The fourth-order valence-electron chi connectivity index (χ4n) is 4.52. The largest absolute Gasteiger partial charge is 0.444 e. The molecule has 0 bridgehead atoms. The summed E-state index contributed by atoms with van der Waals surface area (Å²) in [6.45, 7) is 9.29. The lowest BCUT2D eigenvalue weighted by Crippen LogP contribution is -2.50. The number of rotatable bonds is 10. The van der Waals surface area contributed by atoms with Gasteiger partial charge in [-0.3, -0.25) is 4.90 Å². The molecule has 1 aromatic heterocycles. The lowest BCUT2D eigenvalue weighted by Gasteiger charge is -2.34. The van der Waals surface area contributed by atoms with Crippen molar-refractivity contribution < 1.29 is 14.6 Å². The van der Waals surface area contributed by atoms with Crippen LogP contribution in [0.25, 0.3) is 11.4 Å². The van der Waals surface area contributed by atoms with Gasteiger partial charge in [-0.25, -0.2) is 4.79 Å². The minimum absolute atomic E-state index is 0.101. The average Bonchev–Trinajstić information content (AvgIpc) is 3.47. The molecule has 1 heterocycles. The van der Waals surface area contributed by atoms with Crippen molar-refractivity contribution >= 4 is 6.09 Å². The minimum atomic E-state index is -1.03. The van der Waals surface area contributed by atoms with Crippen LogP contribution in [0.1, 0.15) is 57.5 Å². The molecule has 42 heavy (non-hydrogen) atoms. The summed E-state index contributed by atoms with van der Waals surface area (Å²) < 4.78 is 5.63. The number of nitrogens with zero attached hydrogens (tertiary/aromatic N) is 5. The predicted molar refractivity (Wildman–Crippen MR) is 162 cm³/mol. The molecule has 0 aliphatic heterocycles. The highest BCUT2D eigenvalue weighted by Gasteiger charge is 2.31. The zero-order valence-corrected chi connectivity index (χ0v) is 24.9. The predicted octanol–water partition coefficient (Wildman–Crippen LogP) is 4.25. The maximum Gasteiger partial charge on any atom is 0.411 e. The van der Waals surface area contributed by atoms with Crippen molar-refractivity contribution in [3.8, 4) is 11.4 Å². The van der Waals surface area contributed by atoms with E-state index in [0.717, 1.165) is 16.7 Å². The third-order valence-electron chi connectivity index (χ3n) is 7.06. The molecule has 10 nitrogen and oxygen atoms in total. The Balaban J connectivity index is 1.52. The van der Waals surface area contributed by atoms with Gasteiger partial charge in [-0.05, 0) is 62.9 Å². The zero-order chi connectivity index (χ0) is 30.5. The van der Waals surface area contributed by atoms with Gasteiger partial charge in [-0.15, -0.1) is 10.2 Å². The van der Waals surface area contributed by atoms with Crippen LogP contribution in [-0.2, 0) is 16.7 Å². The molecule has 0 fully saturated rings. The summed E-state index contributed by atoms with van der Waals surface area (Å²) in [7, 11) is 0. The lowest BCUT2D eigenvalue weighted by atomic mass is 9.95. The lowest BCUT2D eigenvalue weighted by molar-refractivity contribution is 0.00120. The molecular weight excluding hydrogens is 530 g/mol. The van der Waals surface area contributed by atoms with E-state index in [1.54, 1.807) is 37.7 Å². The Labute approximate surface area is 247 Å². The van der Waals surface area contributed by atoms with E-state index >= 15 is 0 Å². The Hall–Kier alpha value is -4.12. The smallest absolute Gasteiger partial charge is 0.411 e. The van der Waals surface area contributed by atoms with E-state index in [9.17, 15) is 9.90 Å². The molecule has 10 heteroatoms. The first-order valence-corrected chi connectivity index (χ1v) is 14.0. The molecule has 0 spiro atoms. The highest BCUT2D eigenvalue weighted by molar-refractivity contribution is 5.69. The molecule has 4 aromatic rings. The Bertz CT molecular complexity index is 1430. The molecule has 222 valence electrons. The summed E-state index contributed by atoms with van der Waals surface area (Å²) in [5.41, 5.74) is 15.1. The average molecular weight is 572 g/mol. The number of benzene rings is 3. The van der Waals surface area contributed by atoms with Crippen molar-refractivity contribution in [3.05, 3.63) is 102 Å². The molecule has 3 atom stereocenters. The zero-order valence-electron chi connectivity index (χ0n) is 24.9. The molecular formula is C32H41N7O3. The molecule has 0 saturated carbocycles. The molecule has 0 radical (unpaired) electrons. The fourth-order valence-corrected chi connectivity index (χ4v) is 4.52. The minimum Gasteiger partial charge on any atom is -0.444 e. The van der Waals surface area contributed by atoms with Crippen LogP contribution in [0.3, 0.4) is 0 Å². The Kier molecular flexibility index (Phi) is 9.40. The van der Waals surface area contributed by atoms with Crippen LogP contribution in [-0.4, -0.2) is 60.6 Å². The molecule has 4 rings (SSSR count). The highest BCUT2D eigenvalue weighted by Crippen LogP contribution is 2.26. The standard InChI is InChI=1S/C32H41N7O3/c1-31(2,3)42-30(41)38(21-27(40)26(33)20-22-12-8-6-9-13-22)28(34)23-16-18-24(19-17-23)29-35-37-39(36-29)32(4,5)25-14-10-7-11-15-25/h6-19,26-28,40H,20-21,33-34H2,1-5H3/t26-,27-,28?/m0/s1. The quantitative estimate of drug-likeness (QED) is 0.240. The Morgan fingerprint density at radius 1 is 0.929 bits per heavy atom. The molecule has 5 N–H and O–H groups in total. The van der Waals surface area contributed by atoms with E-state index in [-0.39, 0.29) is 6.54 Å². The van der Waals surface area contributed by atoms with Gasteiger partial charge in [0.25, 0.3) is 0 Å². The summed E-state index contributed by atoms with van der Waals surface area (Å²) in [6.07, 6.45) is -2.12. The number of tetrazole rings is 1. The van der Waals surface area contributed by atoms with Gasteiger partial charge in [0.2, 0.25) is 5.82 Å². The third kappa shape index (κ3) is 7.58. The van der Waals surface area contributed by atoms with E-state index in [0.29, 0.717) is 17.8 Å². The van der Waals surface area contributed by atoms with Gasteiger partial charge in [-0.2, -0.15) is 4.80 Å². The fraction of sp³-hybridized carbons (Fsp3) is 0.375. The van der Waals surface area contributed by atoms with E-state index in [1.165, 1.54) is 4.90 Å². The summed E-state index contributed by atoms with van der Waals surface area (Å²) in [5, 5.41) is 24.2. The first-order chi connectivity index (χ1) is 19.8. The van der Waals surface area contributed by atoms with Crippen LogP contribution < -0.4 is 11.5 Å². The van der Waals surface area contributed by atoms with Crippen molar-refractivity contribution in [2.75, 3.05) is 6.54 Å².